The van der Waals surface area contributed by atoms with Gasteiger partial charge in [-0.05, 0) is 51.3 Å². The highest BCUT2D eigenvalue weighted by atomic mass is 32.2. The van der Waals surface area contributed by atoms with Gasteiger partial charge in [0, 0.05) is 42.0 Å². The molecule has 5 nitrogen and oxygen atoms in total. The summed E-state index contributed by atoms with van der Waals surface area (Å²) in [6.07, 6.45) is 4.86. The van der Waals surface area contributed by atoms with Crippen LogP contribution in [0.25, 0.3) is 0 Å². The van der Waals surface area contributed by atoms with Gasteiger partial charge in [-0.2, -0.15) is 0 Å². The molecule has 1 amide bonds. The molecule has 1 aliphatic heterocycles. The molecule has 122 valence electrons. The fourth-order valence-corrected chi connectivity index (χ4v) is 3.94. The van der Waals surface area contributed by atoms with Gasteiger partial charge in [0.05, 0.1) is 5.25 Å². The van der Waals surface area contributed by atoms with Crippen LogP contribution in [-0.4, -0.2) is 44.1 Å². The lowest BCUT2D eigenvalue weighted by Crippen LogP contribution is -2.46. The molecule has 1 fully saturated rings. The van der Waals surface area contributed by atoms with Crippen LogP contribution in [0.15, 0.2) is 24.5 Å². The zero-order valence-electron chi connectivity index (χ0n) is 13.4. The normalized spacial score (nSPS) is 20.5. The fraction of sp³-hybridized carbons (Fsp3) is 0.625. The number of carbonyl (C=O) groups excluding carboxylic acids is 1. The van der Waals surface area contributed by atoms with Crippen molar-refractivity contribution in [2.24, 2.45) is 0 Å². The van der Waals surface area contributed by atoms with Crippen molar-refractivity contribution in [2.45, 2.75) is 50.2 Å². The summed E-state index contributed by atoms with van der Waals surface area (Å²) in [5.41, 5.74) is 0.517. The van der Waals surface area contributed by atoms with Crippen LogP contribution >= 0.6 is 0 Å². The summed E-state index contributed by atoms with van der Waals surface area (Å²) in [5, 5.41) is 0.00873. The Labute approximate surface area is 134 Å². The van der Waals surface area contributed by atoms with E-state index in [4.69, 9.17) is 4.74 Å². The van der Waals surface area contributed by atoms with Crippen molar-refractivity contribution >= 4 is 16.9 Å². The van der Waals surface area contributed by atoms with E-state index in [1.165, 1.54) is 0 Å². The van der Waals surface area contributed by atoms with Crippen LogP contribution in [0.1, 0.15) is 39.2 Å². The maximum atomic E-state index is 12.5. The van der Waals surface area contributed by atoms with Crippen molar-refractivity contribution < 1.29 is 13.7 Å². The number of pyridine rings is 1. The van der Waals surface area contributed by atoms with Crippen LogP contribution in [-0.2, 0) is 21.3 Å². The van der Waals surface area contributed by atoms with E-state index < -0.39 is 16.4 Å². The molecule has 2 atom stereocenters. The lowest BCUT2D eigenvalue weighted by Gasteiger charge is -2.33. The molecule has 0 unspecified atom stereocenters. The predicted molar refractivity (Wildman–Crippen MR) is 86.9 cm³/mol. The molecule has 0 saturated carbocycles. The van der Waals surface area contributed by atoms with Gasteiger partial charge in [0.25, 0.3) is 0 Å². The van der Waals surface area contributed by atoms with Gasteiger partial charge in [-0.25, -0.2) is 4.79 Å². The summed E-state index contributed by atoms with van der Waals surface area (Å²) in [6.45, 7) is 6.75. The Morgan fingerprint density at radius 3 is 2.73 bits per heavy atom. The quantitative estimate of drug-likeness (QED) is 0.858. The second-order valence-electron chi connectivity index (χ2n) is 6.57. The van der Waals surface area contributed by atoms with Crippen molar-refractivity contribution in [1.29, 1.82) is 0 Å². The van der Waals surface area contributed by atoms with Crippen LogP contribution in [0.4, 0.5) is 4.79 Å². The summed E-state index contributed by atoms with van der Waals surface area (Å²) in [7, 11) is -0.995. The monoisotopic (exact) mass is 324 g/mol. The van der Waals surface area contributed by atoms with Gasteiger partial charge in [-0.15, -0.1) is 0 Å². The number of ether oxygens (including phenoxy) is 1. The average molecular weight is 324 g/mol. The smallest absolute Gasteiger partial charge is 0.410 e. The molecule has 6 heteroatoms. The number of aromatic nitrogens is 1. The van der Waals surface area contributed by atoms with Gasteiger partial charge < -0.3 is 9.64 Å². The molecule has 1 saturated heterocycles. The summed E-state index contributed by atoms with van der Waals surface area (Å²) in [6, 6.07) is 3.76. The minimum atomic E-state index is -0.995. The first-order valence-electron chi connectivity index (χ1n) is 7.59. The number of rotatable bonds is 3. The Morgan fingerprint density at radius 1 is 1.41 bits per heavy atom. The number of hydrogen-bond donors (Lipinski definition) is 0. The molecule has 2 rings (SSSR count). The van der Waals surface area contributed by atoms with E-state index in [2.05, 4.69) is 4.98 Å². The lowest BCUT2D eigenvalue weighted by atomic mass is 10.1. The third-order valence-electron chi connectivity index (χ3n) is 3.46. The Balaban J connectivity index is 1.92. The lowest BCUT2D eigenvalue weighted by molar-refractivity contribution is 0.0219. The van der Waals surface area contributed by atoms with E-state index >= 15 is 0 Å². The van der Waals surface area contributed by atoms with E-state index in [0.717, 1.165) is 18.4 Å². The van der Waals surface area contributed by atoms with Gasteiger partial charge in [0.2, 0.25) is 0 Å². The molecular weight excluding hydrogens is 300 g/mol. The third-order valence-corrected chi connectivity index (χ3v) is 5.21. The summed E-state index contributed by atoms with van der Waals surface area (Å²) in [5.74, 6) is 0.509. The molecule has 0 aliphatic carbocycles. The predicted octanol–water partition coefficient (Wildman–Crippen LogP) is 2.73. The highest BCUT2D eigenvalue weighted by Gasteiger charge is 2.30. The molecule has 0 aromatic carbocycles. The molecule has 0 radical (unpaired) electrons. The average Bonchev–Trinajstić information content (AvgIpc) is 2.46. The largest absolute Gasteiger partial charge is 0.444 e. The summed E-state index contributed by atoms with van der Waals surface area (Å²) >= 11 is 0. The minimum absolute atomic E-state index is 0.00873. The second-order valence-corrected chi connectivity index (χ2v) is 8.29. The SMILES string of the molecule is CC(C)(C)OC(=O)N1CCC[C@H]([S@@](=O)Cc2ccncc2)C1. The second kappa shape index (κ2) is 7.22. The van der Waals surface area contributed by atoms with Crippen LogP contribution in [0, 0.1) is 0 Å². The van der Waals surface area contributed by atoms with Crippen molar-refractivity contribution in [2.75, 3.05) is 13.1 Å². The summed E-state index contributed by atoms with van der Waals surface area (Å²) < 4.78 is 17.9. The Hall–Kier alpha value is -1.43. The Kier molecular flexibility index (Phi) is 5.56. The summed E-state index contributed by atoms with van der Waals surface area (Å²) in [4.78, 5) is 17.8. The number of amides is 1. The molecule has 1 aliphatic rings. The van der Waals surface area contributed by atoms with E-state index in [-0.39, 0.29) is 11.3 Å². The number of nitrogens with zero attached hydrogens (tertiary/aromatic N) is 2. The Bertz CT molecular complexity index is 528. The third kappa shape index (κ3) is 5.09. The Morgan fingerprint density at radius 2 is 2.09 bits per heavy atom. The van der Waals surface area contributed by atoms with Crippen LogP contribution in [0.2, 0.25) is 0 Å². The molecule has 2 heterocycles. The maximum absolute atomic E-state index is 12.5. The molecule has 0 spiro atoms. The first kappa shape index (κ1) is 16.9. The highest BCUT2D eigenvalue weighted by Crippen LogP contribution is 2.20. The van der Waals surface area contributed by atoms with Gasteiger partial charge in [-0.1, -0.05) is 0 Å². The van der Waals surface area contributed by atoms with E-state index in [9.17, 15) is 9.00 Å². The molecular formula is C16H24N2O3S. The zero-order chi connectivity index (χ0) is 16.2. The van der Waals surface area contributed by atoms with Gasteiger partial charge in [0.1, 0.15) is 5.60 Å². The van der Waals surface area contributed by atoms with Crippen molar-refractivity contribution in [3.63, 3.8) is 0 Å². The zero-order valence-corrected chi connectivity index (χ0v) is 14.3. The van der Waals surface area contributed by atoms with Crippen molar-refractivity contribution in [3.05, 3.63) is 30.1 Å². The molecule has 22 heavy (non-hydrogen) atoms. The number of hydrogen-bond acceptors (Lipinski definition) is 4. The number of carbonyl (C=O) groups is 1. The molecule has 1 aromatic heterocycles. The standard InChI is InChI=1S/C16H24N2O3S/c1-16(2,3)21-15(19)18-10-4-5-14(11-18)22(20)12-13-6-8-17-9-7-13/h6-9,14H,4-5,10-12H2,1-3H3/t14-,22-/m0/s1. The minimum Gasteiger partial charge on any atom is -0.444 e. The van der Waals surface area contributed by atoms with E-state index in [1.807, 2.05) is 32.9 Å². The first-order valence-corrected chi connectivity index (χ1v) is 8.97. The van der Waals surface area contributed by atoms with E-state index in [1.54, 1.807) is 17.3 Å². The van der Waals surface area contributed by atoms with Gasteiger partial charge >= 0.3 is 6.09 Å². The topological polar surface area (TPSA) is 59.5 Å². The number of likely N-dealkylation sites (tertiary alicyclic amines) is 1. The molecule has 0 bridgehead atoms. The van der Waals surface area contributed by atoms with Crippen molar-refractivity contribution in [1.82, 2.24) is 9.88 Å². The first-order chi connectivity index (χ1) is 10.3. The van der Waals surface area contributed by atoms with Crippen LogP contribution in [0.5, 0.6) is 0 Å². The van der Waals surface area contributed by atoms with E-state index in [0.29, 0.717) is 18.8 Å². The van der Waals surface area contributed by atoms with Crippen LogP contribution in [0.3, 0.4) is 0 Å². The van der Waals surface area contributed by atoms with Gasteiger partial charge in [-0.3, -0.25) is 9.19 Å². The highest BCUT2D eigenvalue weighted by molar-refractivity contribution is 7.84. The fourth-order valence-electron chi connectivity index (χ4n) is 2.41. The molecule has 1 aromatic rings. The van der Waals surface area contributed by atoms with Crippen LogP contribution < -0.4 is 0 Å². The van der Waals surface area contributed by atoms with Crippen molar-refractivity contribution in [3.8, 4) is 0 Å². The molecule has 0 N–H and O–H groups in total. The van der Waals surface area contributed by atoms with Gasteiger partial charge in [0.15, 0.2) is 0 Å². The maximum Gasteiger partial charge on any atom is 0.410 e. The number of piperidine rings is 1.